The summed E-state index contributed by atoms with van der Waals surface area (Å²) in [6, 6.07) is 5.93. The van der Waals surface area contributed by atoms with Gasteiger partial charge in [-0.05, 0) is 58.2 Å². The molecule has 1 aromatic carbocycles. The Kier molecular flexibility index (Phi) is 5.84. The number of nitrogens with one attached hydrogen (secondary N) is 2. The maximum atomic E-state index is 12.6. The number of anilines is 2. The van der Waals surface area contributed by atoms with Crippen LogP contribution in [0.25, 0.3) is 0 Å². The topological polar surface area (TPSA) is 70.7 Å². The summed E-state index contributed by atoms with van der Waals surface area (Å²) in [5, 5.41) is 6.41. The van der Waals surface area contributed by atoms with Crippen molar-refractivity contribution in [1.82, 2.24) is 4.90 Å². The van der Waals surface area contributed by atoms with Crippen molar-refractivity contribution in [3.8, 4) is 0 Å². The molecule has 1 saturated heterocycles. The molecule has 1 fully saturated rings. The van der Waals surface area contributed by atoms with Gasteiger partial charge in [0.05, 0.1) is 11.4 Å². The van der Waals surface area contributed by atoms with E-state index in [0.29, 0.717) is 25.9 Å². The highest BCUT2D eigenvalue weighted by Gasteiger charge is 2.45. The maximum Gasteiger partial charge on any atom is 0.410 e. The number of hydrogen-bond acceptors (Lipinski definition) is 4. The van der Waals surface area contributed by atoms with Gasteiger partial charge < -0.3 is 20.3 Å². The highest BCUT2D eigenvalue weighted by Crippen LogP contribution is 2.37. The minimum atomic E-state index is -0.653. The lowest BCUT2D eigenvalue weighted by Gasteiger charge is -2.44. The fourth-order valence-corrected chi connectivity index (χ4v) is 3.18. The van der Waals surface area contributed by atoms with E-state index in [-0.39, 0.29) is 12.0 Å². The summed E-state index contributed by atoms with van der Waals surface area (Å²) in [5.74, 6) is -0.0253. The number of carbonyl (C=O) groups excluding carboxylic acids is 2. The molecule has 0 radical (unpaired) electrons. The Balaban J connectivity index is 0.00000117. The lowest BCUT2D eigenvalue weighted by molar-refractivity contribution is -0.122. The highest BCUT2D eigenvalue weighted by molar-refractivity contribution is 6.06. The Bertz CT molecular complexity index is 671. The Labute approximate surface area is 156 Å². The number of piperidine rings is 1. The van der Waals surface area contributed by atoms with Crippen LogP contribution in [0.15, 0.2) is 18.2 Å². The zero-order valence-corrected chi connectivity index (χ0v) is 16.7. The number of carbonyl (C=O) groups is 2. The molecule has 0 saturated carbocycles. The van der Waals surface area contributed by atoms with Crippen LogP contribution < -0.4 is 10.6 Å². The molecule has 0 aliphatic carbocycles. The van der Waals surface area contributed by atoms with Gasteiger partial charge in [0, 0.05) is 13.1 Å². The van der Waals surface area contributed by atoms with Gasteiger partial charge in [-0.25, -0.2) is 4.79 Å². The highest BCUT2D eigenvalue weighted by atomic mass is 16.6. The number of ether oxygens (including phenoxy) is 1. The SMILES string of the molecule is CC.Cc1ccc2c(c1)NC1(CCN(C(=O)OC(C)(C)C)CC1)C(=O)N2. The Morgan fingerprint density at radius 3 is 2.35 bits per heavy atom. The molecule has 1 spiro atoms. The van der Waals surface area contributed by atoms with Crippen LogP contribution in [0.4, 0.5) is 16.2 Å². The van der Waals surface area contributed by atoms with Gasteiger partial charge in [-0.2, -0.15) is 0 Å². The maximum absolute atomic E-state index is 12.6. The monoisotopic (exact) mass is 361 g/mol. The van der Waals surface area contributed by atoms with Crippen LogP contribution in [-0.4, -0.2) is 41.1 Å². The largest absolute Gasteiger partial charge is 0.444 e. The standard InChI is InChI=1S/C18H25N3O3.C2H6/c1-12-5-6-13-14(11-12)20-18(15(22)19-13)7-9-21(10-8-18)16(23)24-17(2,3)4;1-2/h5-6,11,20H,7-10H2,1-4H3,(H,19,22);1-2H3. The molecule has 2 N–H and O–H groups in total. The molecule has 6 nitrogen and oxygen atoms in total. The molecular weight excluding hydrogens is 330 g/mol. The molecule has 2 heterocycles. The molecule has 26 heavy (non-hydrogen) atoms. The van der Waals surface area contributed by atoms with Crippen LogP contribution >= 0.6 is 0 Å². The van der Waals surface area contributed by atoms with Crippen LogP contribution in [0.1, 0.15) is 53.0 Å². The molecule has 0 aromatic heterocycles. The molecular formula is C20H31N3O3. The van der Waals surface area contributed by atoms with E-state index < -0.39 is 11.1 Å². The van der Waals surface area contributed by atoms with Gasteiger partial charge in [-0.1, -0.05) is 19.9 Å². The van der Waals surface area contributed by atoms with Gasteiger partial charge in [0.25, 0.3) is 0 Å². The third kappa shape index (κ3) is 4.29. The van der Waals surface area contributed by atoms with Gasteiger partial charge in [0.2, 0.25) is 5.91 Å². The van der Waals surface area contributed by atoms with Gasteiger partial charge in [0.15, 0.2) is 0 Å². The van der Waals surface area contributed by atoms with E-state index in [1.54, 1.807) is 4.90 Å². The summed E-state index contributed by atoms with van der Waals surface area (Å²) < 4.78 is 5.42. The van der Waals surface area contributed by atoms with Gasteiger partial charge in [0.1, 0.15) is 11.1 Å². The summed E-state index contributed by atoms with van der Waals surface area (Å²) in [4.78, 5) is 26.5. The second kappa shape index (κ2) is 7.56. The van der Waals surface area contributed by atoms with E-state index in [2.05, 4.69) is 10.6 Å². The van der Waals surface area contributed by atoms with Gasteiger partial charge in [-0.15, -0.1) is 0 Å². The molecule has 3 rings (SSSR count). The third-order valence-electron chi connectivity index (χ3n) is 4.50. The minimum absolute atomic E-state index is 0.0253. The third-order valence-corrected chi connectivity index (χ3v) is 4.50. The van der Waals surface area contributed by atoms with E-state index in [1.807, 2.05) is 59.7 Å². The molecule has 0 bridgehead atoms. The average Bonchev–Trinajstić information content (AvgIpc) is 2.57. The molecule has 2 amide bonds. The number of amides is 2. The number of benzene rings is 1. The number of hydrogen-bond donors (Lipinski definition) is 2. The second-order valence-electron chi connectivity index (χ2n) is 7.68. The van der Waals surface area contributed by atoms with E-state index >= 15 is 0 Å². The molecule has 0 atom stereocenters. The van der Waals surface area contributed by atoms with Crippen molar-refractivity contribution in [2.75, 3.05) is 23.7 Å². The first kappa shape index (κ1) is 20.1. The zero-order valence-electron chi connectivity index (χ0n) is 16.7. The number of likely N-dealkylation sites (tertiary alicyclic amines) is 1. The number of nitrogens with zero attached hydrogens (tertiary/aromatic N) is 1. The van der Waals surface area contributed by atoms with Crippen molar-refractivity contribution in [1.29, 1.82) is 0 Å². The van der Waals surface area contributed by atoms with E-state index in [4.69, 9.17) is 4.74 Å². The first-order valence-corrected chi connectivity index (χ1v) is 9.37. The summed E-state index contributed by atoms with van der Waals surface area (Å²) in [5.41, 5.74) is 1.73. The Hall–Kier alpha value is -2.24. The molecule has 144 valence electrons. The van der Waals surface area contributed by atoms with Crippen LogP contribution in [0.5, 0.6) is 0 Å². The number of aryl methyl sites for hydroxylation is 1. The van der Waals surface area contributed by atoms with E-state index in [0.717, 1.165) is 16.9 Å². The molecule has 1 aromatic rings. The summed E-state index contributed by atoms with van der Waals surface area (Å²) in [6.45, 7) is 12.6. The molecule has 2 aliphatic rings. The van der Waals surface area contributed by atoms with Crippen LogP contribution in [0, 0.1) is 6.92 Å². The van der Waals surface area contributed by atoms with Crippen molar-refractivity contribution >= 4 is 23.4 Å². The predicted molar refractivity (Wildman–Crippen MR) is 105 cm³/mol. The summed E-state index contributed by atoms with van der Waals surface area (Å²) in [7, 11) is 0. The van der Waals surface area contributed by atoms with E-state index in [1.165, 1.54) is 0 Å². The first-order valence-electron chi connectivity index (χ1n) is 9.37. The van der Waals surface area contributed by atoms with Crippen LogP contribution in [0.3, 0.4) is 0 Å². The quantitative estimate of drug-likeness (QED) is 0.728. The lowest BCUT2D eigenvalue weighted by atomic mass is 9.84. The average molecular weight is 361 g/mol. The molecule has 2 aliphatic heterocycles. The number of fused-ring (bicyclic) bond motifs is 1. The van der Waals surface area contributed by atoms with Crippen molar-refractivity contribution < 1.29 is 14.3 Å². The van der Waals surface area contributed by atoms with Crippen molar-refractivity contribution in [3.63, 3.8) is 0 Å². The fraction of sp³-hybridized carbons (Fsp3) is 0.600. The predicted octanol–water partition coefficient (Wildman–Crippen LogP) is 4.15. The van der Waals surface area contributed by atoms with Crippen molar-refractivity contribution in [2.45, 2.75) is 65.5 Å². The van der Waals surface area contributed by atoms with Gasteiger partial charge >= 0.3 is 6.09 Å². The molecule has 6 heteroatoms. The lowest BCUT2D eigenvalue weighted by Crippen LogP contribution is -2.59. The molecule has 0 unspecified atom stereocenters. The second-order valence-corrected chi connectivity index (χ2v) is 7.68. The Morgan fingerprint density at radius 2 is 1.77 bits per heavy atom. The van der Waals surface area contributed by atoms with Crippen molar-refractivity contribution in [3.05, 3.63) is 23.8 Å². The number of rotatable bonds is 0. The van der Waals surface area contributed by atoms with Crippen LogP contribution in [0.2, 0.25) is 0 Å². The van der Waals surface area contributed by atoms with E-state index in [9.17, 15) is 9.59 Å². The smallest absolute Gasteiger partial charge is 0.410 e. The fourth-order valence-electron chi connectivity index (χ4n) is 3.18. The van der Waals surface area contributed by atoms with Gasteiger partial charge in [-0.3, -0.25) is 4.79 Å². The Morgan fingerprint density at radius 1 is 1.15 bits per heavy atom. The normalized spacial score (nSPS) is 18.1. The summed E-state index contributed by atoms with van der Waals surface area (Å²) in [6.07, 6.45) is 0.807. The van der Waals surface area contributed by atoms with Crippen molar-refractivity contribution in [2.24, 2.45) is 0 Å². The summed E-state index contributed by atoms with van der Waals surface area (Å²) >= 11 is 0. The van der Waals surface area contributed by atoms with Crippen LogP contribution in [-0.2, 0) is 9.53 Å². The first-order chi connectivity index (χ1) is 12.2. The minimum Gasteiger partial charge on any atom is -0.444 e. The zero-order chi connectivity index (χ0) is 19.5.